The summed E-state index contributed by atoms with van der Waals surface area (Å²) in [5, 5.41) is 3.34. The van der Waals surface area contributed by atoms with Crippen molar-refractivity contribution in [2.45, 2.75) is 20.3 Å². The van der Waals surface area contributed by atoms with Crippen molar-refractivity contribution in [3.63, 3.8) is 0 Å². The number of rotatable bonds is 5. The minimum atomic E-state index is -0.335. The van der Waals surface area contributed by atoms with Crippen LogP contribution in [0.1, 0.15) is 27.9 Å². The van der Waals surface area contributed by atoms with Crippen LogP contribution in [0, 0.1) is 12.7 Å². The van der Waals surface area contributed by atoms with Gasteiger partial charge in [-0.2, -0.15) is 0 Å². The van der Waals surface area contributed by atoms with Gasteiger partial charge < -0.3 is 5.32 Å². The van der Waals surface area contributed by atoms with E-state index in [4.69, 9.17) is 0 Å². The zero-order chi connectivity index (χ0) is 18.7. The molecule has 1 N–H and O–H groups in total. The lowest BCUT2D eigenvalue weighted by atomic mass is 10.1. The van der Waals surface area contributed by atoms with Crippen LogP contribution in [-0.4, -0.2) is 16.7 Å². The number of aryl methyl sites for hydroxylation is 1. The zero-order valence-electron chi connectivity index (χ0n) is 14.4. The average molecular weight is 368 g/mol. The molecule has 0 saturated carbocycles. The average Bonchev–Trinajstić information content (AvgIpc) is 2.95. The van der Waals surface area contributed by atoms with E-state index in [0.717, 1.165) is 4.88 Å². The first-order valence-electron chi connectivity index (χ1n) is 8.06. The van der Waals surface area contributed by atoms with Gasteiger partial charge in [0.25, 0.3) is 0 Å². The van der Waals surface area contributed by atoms with E-state index in [1.165, 1.54) is 24.3 Å². The third-order valence-electron chi connectivity index (χ3n) is 3.87. The van der Waals surface area contributed by atoms with E-state index < -0.39 is 0 Å². The standard InChI is InChI=1S/C20H17FN2O2S/c1-12-18(26-20(22-12)16-8-3-4-9-17(16)21)11-19(25)23-15-7-5-6-14(10-15)13(2)24/h3-10H,11H2,1-2H3,(H,23,25). The van der Waals surface area contributed by atoms with E-state index in [1.54, 1.807) is 49.4 Å². The van der Waals surface area contributed by atoms with Crippen molar-refractivity contribution < 1.29 is 14.0 Å². The van der Waals surface area contributed by atoms with Gasteiger partial charge in [-0.3, -0.25) is 9.59 Å². The number of carbonyl (C=O) groups excluding carboxylic acids is 2. The third kappa shape index (κ3) is 4.03. The molecule has 0 bridgehead atoms. The lowest BCUT2D eigenvalue weighted by molar-refractivity contribution is -0.115. The molecule has 4 nitrogen and oxygen atoms in total. The van der Waals surface area contributed by atoms with Gasteiger partial charge in [-0.05, 0) is 38.1 Å². The van der Waals surface area contributed by atoms with Crippen molar-refractivity contribution >= 4 is 28.7 Å². The van der Waals surface area contributed by atoms with Crippen LogP contribution in [0.4, 0.5) is 10.1 Å². The topological polar surface area (TPSA) is 59.1 Å². The number of halogens is 1. The molecule has 0 radical (unpaired) electrons. The fourth-order valence-corrected chi connectivity index (χ4v) is 3.60. The van der Waals surface area contributed by atoms with Crippen LogP contribution in [-0.2, 0) is 11.2 Å². The predicted octanol–water partition coefficient (Wildman–Crippen LogP) is 4.64. The van der Waals surface area contributed by atoms with Gasteiger partial charge in [0.2, 0.25) is 5.91 Å². The van der Waals surface area contributed by atoms with Gasteiger partial charge in [-0.15, -0.1) is 11.3 Å². The van der Waals surface area contributed by atoms with E-state index in [9.17, 15) is 14.0 Å². The number of Topliss-reactive ketones (excluding diaryl/α,β-unsaturated/α-hetero) is 1. The van der Waals surface area contributed by atoms with Crippen LogP contribution in [0.3, 0.4) is 0 Å². The lowest BCUT2D eigenvalue weighted by Crippen LogP contribution is -2.14. The highest BCUT2D eigenvalue weighted by molar-refractivity contribution is 7.15. The summed E-state index contributed by atoms with van der Waals surface area (Å²) in [5.74, 6) is -0.607. The van der Waals surface area contributed by atoms with E-state index in [-0.39, 0.29) is 23.9 Å². The number of hydrogen-bond acceptors (Lipinski definition) is 4. The highest BCUT2D eigenvalue weighted by Gasteiger charge is 2.15. The van der Waals surface area contributed by atoms with Gasteiger partial charge in [0.1, 0.15) is 10.8 Å². The second kappa shape index (κ2) is 7.58. The maximum absolute atomic E-state index is 13.9. The van der Waals surface area contributed by atoms with Gasteiger partial charge in [-0.25, -0.2) is 9.37 Å². The Labute approximate surface area is 154 Å². The zero-order valence-corrected chi connectivity index (χ0v) is 15.2. The number of carbonyl (C=O) groups is 2. The number of hydrogen-bond donors (Lipinski definition) is 1. The fraction of sp³-hybridized carbons (Fsp3) is 0.150. The largest absolute Gasteiger partial charge is 0.326 e. The number of anilines is 1. The normalized spacial score (nSPS) is 10.6. The summed E-state index contributed by atoms with van der Waals surface area (Å²) < 4.78 is 13.9. The molecule has 0 saturated heterocycles. The Hall–Kier alpha value is -2.86. The highest BCUT2D eigenvalue weighted by Crippen LogP contribution is 2.30. The van der Waals surface area contributed by atoms with Crippen LogP contribution in [0.5, 0.6) is 0 Å². The van der Waals surface area contributed by atoms with Gasteiger partial charge in [-0.1, -0.05) is 24.3 Å². The molecular formula is C20H17FN2O2S. The minimum absolute atomic E-state index is 0.0612. The Balaban J connectivity index is 1.75. The number of nitrogens with one attached hydrogen (secondary N) is 1. The maximum atomic E-state index is 13.9. The second-order valence-electron chi connectivity index (χ2n) is 5.87. The SMILES string of the molecule is CC(=O)c1cccc(NC(=O)Cc2sc(-c3ccccc3F)nc2C)c1. The van der Waals surface area contributed by atoms with Gasteiger partial charge >= 0.3 is 0 Å². The van der Waals surface area contributed by atoms with Gasteiger partial charge in [0.15, 0.2) is 5.78 Å². The summed E-state index contributed by atoms with van der Waals surface area (Å²) >= 11 is 1.31. The Morgan fingerprint density at radius 2 is 1.92 bits per heavy atom. The van der Waals surface area contributed by atoms with Crippen molar-refractivity contribution in [3.05, 3.63) is 70.5 Å². The lowest BCUT2D eigenvalue weighted by Gasteiger charge is -2.06. The first-order valence-corrected chi connectivity index (χ1v) is 8.88. The van der Waals surface area contributed by atoms with E-state index in [1.807, 2.05) is 0 Å². The number of aromatic nitrogens is 1. The highest BCUT2D eigenvalue weighted by atomic mass is 32.1. The smallest absolute Gasteiger partial charge is 0.229 e. The van der Waals surface area contributed by atoms with Crippen molar-refractivity contribution in [2.24, 2.45) is 0 Å². The fourth-order valence-electron chi connectivity index (χ4n) is 2.51. The van der Waals surface area contributed by atoms with Crippen molar-refractivity contribution in [1.82, 2.24) is 4.98 Å². The van der Waals surface area contributed by atoms with Gasteiger partial charge in [0, 0.05) is 21.7 Å². The van der Waals surface area contributed by atoms with E-state index in [2.05, 4.69) is 10.3 Å². The summed E-state index contributed by atoms with van der Waals surface area (Å²) in [5.41, 5.74) is 2.25. The van der Waals surface area contributed by atoms with Crippen molar-refractivity contribution in [3.8, 4) is 10.6 Å². The number of benzene rings is 2. The Bertz CT molecular complexity index is 981. The molecule has 2 aromatic carbocycles. The van der Waals surface area contributed by atoms with Gasteiger partial charge in [0.05, 0.1) is 12.1 Å². The quantitative estimate of drug-likeness (QED) is 0.668. The summed E-state index contributed by atoms with van der Waals surface area (Å²) in [6.07, 6.45) is 0.141. The number of nitrogens with zero attached hydrogens (tertiary/aromatic N) is 1. The van der Waals surface area contributed by atoms with Crippen LogP contribution < -0.4 is 5.32 Å². The monoisotopic (exact) mass is 368 g/mol. The summed E-state index contributed by atoms with van der Waals surface area (Å²) in [6, 6.07) is 13.2. The molecule has 1 heterocycles. The molecule has 0 spiro atoms. The molecule has 0 fully saturated rings. The molecule has 6 heteroatoms. The van der Waals surface area contributed by atoms with E-state index >= 15 is 0 Å². The van der Waals surface area contributed by atoms with Crippen LogP contribution >= 0.6 is 11.3 Å². The molecular weight excluding hydrogens is 351 g/mol. The Morgan fingerprint density at radius 1 is 1.15 bits per heavy atom. The summed E-state index contributed by atoms with van der Waals surface area (Å²) in [4.78, 5) is 28.9. The number of amides is 1. The molecule has 1 aromatic heterocycles. The van der Waals surface area contributed by atoms with Crippen LogP contribution in [0.25, 0.3) is 10.6 Å². The first-order chi connectivity index (χ1) is 12.4. The maximum Gasteiger partial charge on any atom is 0.229 e. The predicted molar refractivity (Wildman–Crippen MR) is 101 cm³/mol. The summed E-state index contributed by atoms with van der Waals surface area (Å²) in [7, 11) is 0. The molecule has 0 aliphatic rings. The Kier molecular flexibility index (Phi) is 5.23. The van der Waals surface area contributed by atoms with Crippen molar-refractivity contribution in [2.75, 3.05) is 5.32 Å². The molecule has 3 rings (SSSR count). The van der Waals surface area contributed by atoms with E-state index in [0.29, 0.717) is 27.5 Å². The molecule has 0 atom stereocenters. The van der Waals surface area contributed by atoms with Crippen LogP contribution in [0.2, 0.25) is 0 Å². The molecule has 26 heavy (non-hydrogen) atoms. The molecule has 3 aromatic rings. The van der Waals surface area contributed by atoms with Crippen LogP contribution in [0.15, 0.2) is 48.5 Å². The number of ketones is 1. The van der Waals surface area contributed by atoms with Crippen molar-refractivity contribution in [1.29, 1.82) is 0 Å². The number of thiazole rings is 1. The third-order valence-corrected chi connectivity index (χ3v) is 5.06. The Morgan fingerprint density at radius 3 is 2.65 bits per heavy atom. The summed E-state index contributed by atoms with van der Waals surface area (Å²) in [6.45, 7) is 3.28. The molecule has 0 aliphatic carbocycles. The molecule has 132 valence electrons. The minimum Gasteiger partial charge on any atom is -0.326 e. The second-order valence-corrected chi connectivity index (χ2v) is 6.95. The molecule has 0 aliphatic heterocycles. The molecule has 0 unspecified atom stereocenters. The first kappa shape index (κ1) is 17.9. The molecule has 1 amide bonds.